The van der Waals surface area contributed by atoms with Crippen molar-refractivity contribution in [3.8, 4) is 0 Å². The van der Waals surface area contributed by atoms with Gasteiger partial charge in [0.05, 0.1) is 0 Å². The first-order chi connectivity index (χ1) is 38.5. The molecular formula is C76H88Cl2Zr2-2. The number of fused-ring (bicyclic) bond motifs is 4. The molecule has 0 amide bonds. The maximum absolute atomic E-state index is 2.39. The van der Waals surface area contributed by atoms with E-state index in [1.807, 2.05) is 0 Å². The molecule has 10 aliphatic rings. The van der Waals surface area contributed by atoms with E-state index >= 15 is 0 Å². The number of hydrogen-bond acceptors (Lipinski definition) is 0. The Labute approximate surface area is 523 Å². The van der Waals surface area contributed by atoms with E-state index in [4.69, 9.17) is 0 Å². The first-order valence-electron chi connectivity index (χ1n) is 32.2. The molecule has 0 N–H and O–H groups in total. The quantitative estimate of drug-likeness (QED) is 0.107. The van der Waals surface area contributed by atoms with Gasteiger partial charge in [-0.25, -0.2) is 0 Å². The van der Waals surface area contributed by atoms with Gasteiger partial charge in [-0.05, 0) is 47.3 Å². The molecule has 0 nitrogen and oxygen atoms in total. The third-order valence-electron chi connectivity index (χ3n) is 20.2. The topological polar surface area (TPSA) is 0 Å². The number of halogens is 2. The van der Waals surface area contributed by atoms with Crippen LogP contribution in [-0.4, -0.2) is 6.41 Å². The zero-order chi connectivity index (χ0) is 52.4. The molecule has 4 heteroatoms. The van der Waals surface area contributed by atoms with Crippen LogP contribution in [0.1, 0.15) is 213 Å². The van der Waals surface area contributed by atoms with Crippen molar-refractivity contribution in [2.45, 2.75) is 191 Å². The van der Waals surface area contributed by atoms with Gasteiger partial charge >= 0.3 is 119 Å². The van der Waals surface area contributed by atoms with Gasteiger partial charge in [0.2, 0.25) is 0 Å². The van der Waals surface area contributed by atoms with Crippen LogP contribution in [0.3, 0.4) is 0 Å². The van der Waals surface area contributed by atoms with Gasteiger partial charge in [-0.3, -0.25) is 0 Å². The van der Waals surface area contributed by atoms with Gasteiger partial charge in [-0.15, -0.1) is 187 Å². The molecule has 0 bridgehead atoms. The minimum absolute atomic E-state index is 0. The fourth-order valence-electron chi connectivity index (χ4n) is 15.0. The maximum Gasteiger partial charge on any atom is -0.0430 e. The van der Waals surface area contributed by atoms with E-state index in [9.17, 15) is 0 Å². The van der Waals surface area contributed by atoms with E-state index in [1.165, 1.54) is 210 Å². The minimum Gasteiger partial charge on any atom is -0.150 e. The van der Waals surface area contributed by atoms with Crippen molar-refractivity contribution < 1.29 is 73.3 Å². The minimum atomic E-state index is 0. The molecule has 18 rings (SSSR count). The van der Waals surface area contributed by atoms with E-state index in [-0.39, 0.29) is 24.8 Å². The predicted molar refractivity (Wildman–Crippen MR) is 327 cm³/mol. The second-order valence-electron chi connectivity index (χ2n) is 26.6. The van der Waals surface area contributed by atoms with Crippen LogP contribution in [0.5, 0.6) is 0 Å². The Hall–Kier alpha value is -2.59. The van der Waals surface area contributed by atoms with Crippen molar-refractivity contribution in [1.29, 1.82) is 0 Å². The SMILES string of the molecule is [Cl-].[Cl-].[Zr+2]=[C]1CCCCC1.[Zr+2]=[C]1CCCCC1.c1ccc2c(C(C3CC3)C3CC3)c[cH-]c2c1.c1ccc2c(C(C3CC3)C3CC3)c[cH-]c2c1.c1ccc2c(C(C3CC3)C3CC3)c[cH-]c2c1.c1ccc2c(C(C3CC3)C3CC3)c[cH-]c2c1. The number of rotatable bonds is 12. The standard InChI is InChI=1S/4C16H17.2C6H10.2ClH.2Zr/c4*1-2-4-14-11(3-1)9-10-15(14)16(12-5-6-12)13-7-8-13;2*1-2-4-6-5-3-1;;;;/h4*1-4,9-10,12-13,16H,5-8H2;2*1-5H2;2*1H;;/q4*-1;;;;;2*+2/p-2. The summed E-state index contributed by atoms with van der Waals surface area (Å²) in [5.41, 5.74) is 6.61. The molecule has 8 aromatic carbocycles. The summed E-state index contributed by atoms with van der Waals surface area (Å²) in [4.78, 5) is 0. The normalized spacial score (nSPS) is 20.6. The molecule has 0 aliphatic heterocycles. The molecule has 0 heterocycles. The third kappa shape index (κ3) is 15.3. The van der Waals surface area contributed by atoms with Crippen LogP contribution in [0.4, 0.5) is 0 Å². The maximum atomic E-state index is 2.39. The summed E-state index contributed by atoms with van der Waals surface area (Å²) in [6.07, 6.45) is 38.2. The molecule has 8 aromatic rings. The summed E-state index contributed by atoms with van der Waals surface area (Å²) in [5, 5.41) is 11.8. The van der Waals surface area contributed by atoms with Crippen LogP contribution < -0.4 is 24.8 Å². The van der Waals surface area contributed by atoms with Crippen LogP contribution in [0.15, 0.2) is 146 Å². The Kier molecular flexibility index (Phi) is 20.4. The summed E-state index contributed by atoms with van der Waals surface area (Å²) < 4.78 is 3.61. The van der Waals surface area contributed by atoms with E-state index in [1.54, 1.807) is 77.1 Å². The summed E-state index contributed by atoms with van der Waals surface area (Å²) in [7, 11) is 0. The van der Waals surface area contributed by atoms with Crippen molar-refractivity contribution >= 4 is 49.5 Å². The van der Waals surface area contributed by atoms with Gasteiger partial charge < -0.3 is 24.8 Å². The van der Waals surface area contributed by atoms with Crippen LogP contribution in [0.2, 0.25) is 0 Å². The average Bonchev–Trinajstić information content (AvgIpc) is 4.28. The summed E-state index contributed by atoms with van der Waals surface area (Å²) >= 11 is 3.38. The Bertz CT molecular complexity index is 2770. The van der Waals surface area contributed by atoms with Crippen molar-refractivity contribution in [3.63, 3.8) is 0 Å². The molecule has 10 aliphatic carbocycles. The largest absolute Gasteiger partial charge is 0.150 e. The van der Waals surface area contributed by atoms with Crippen LogP contribution in [-0.2, 0) is 48.5 Å². The Morgan fingerprint density at radius 1 is 0.275 bits per heavy atom. The van der Waals surface area contributed by atoms with E-state index in [2.05, 4.69) is 146 Å². The Balaban J connectivity index is 0.000000103. The van der Waals surface area contributed by atoms with E-state index in [0.29, 0.717) is 0 Å². The summed E-state index contributed by atoms with van der Waals surface area (Å²) in [6, 6.07) is 54.4. The fourth-order valence-corrected chi connectivity index (χ4v) is 16.8. The average molecular weight is 1250 g/mol. The van der Waals surface area contributed by atoms with Crippen molar-refractivity contribution in [3.05, 3.63) is 168 Å². The number of hydrogen-bond donors (Lipinski definition) is 0. The second kappa shape index (κ2) is 27.6. The first kappa shape index (κ1) is 59.1. The van der Waals surface area contributed by atoms with E-state index in [0.717, 1.165) is 71.0 Å². The molecule has 416 valence electrons. The smallest absolute Gasteiger partial charge is 0.0430 e. The zero-order valence-corrected chi connectivity index (χ0v) is 54.4. The molecule has 80 heavy (non-hydrogen) atoms. The van der Waals surface area contributed by atoms with Gasteiger partial charge in [-0.2, -0.15) is 0 Å². The van der Waals surface area contributed by atoms with Gasteiger partial charge in [0.1, 0.15) is 0 Å². The second-order valence-corrected chi connectivity index (χ2v) is 30.1. The van der Waals surface area contributed by atoms with Gasteiger partial charge in [0.25, 0.3) is 0 Å². The molecule has 0 spiro atoms. The Morgan fingerprint density at radius 2 is 0.463 bits per heavy atom. The van der Waals surface area contributed by atoms with Crippen LogP contribution >= 0.6 is 0 Å². The molecular weight excluding hydrogens is 1170 g/mol. The molecule has 0 radical (unpaired) electrons. The van der Waals surface area contributed by atoms with Crippen LogP contribution in [0, 0.1) is 47.3 Å². The number of benzene rings is 4. The molecule has 10 fully saturated rings. The van der Waals surface area contributed by atoms with Gasteiger partial charge in [0, 0.05) is 0 Å². The van der Waals surface area contributed by atoms with E-state index < -0.39 is 0 Å². The van der Waals surface area contributed by atoms with Gasteiger partial charge in [0.15, 0.2) is 0 Å². The van der Waals surface area contributed by atoms with Crippen LogP contribution in [0.25, 0.3) is 43.1 Å². The van der Waals surface area contributed by atoms with Gasteiger partial charge in [-0.1, -0.05) is 151 Å². The molecule has 0 unspecified atom stereocenters. The third-order valence-corrected chi connectivity index (χ3v) is 22.7. The summed E-state index contributed by atoms with van der Waals surface area (Å²) in [6.45, 7) is 0. The first-order valence-corrected chi connectivity index (χ1v) is 34.7. The zero-order valence-electron chi connectivity index (χ0n) is 47.9. The Morgan fingerprint density at radius 3 is 0.625 bits per heavy atom. The van der Waals surface area contributed by atoms with Crippen molar-refractivity contribution in [2.24, 2.45) is 47.3 Å². The molecule has 0 atom stereocenters. The molecule has 10 saturated carbocycles. The van der Waals surface area contributed by atoms with Crippen molar-refractivity contribution in [1.82, 2.24) is 0 Å². The molecule has 0 saturated heterocycles. The van der Waals surface area contributed by atoms with Crippen molar-refractivity contribution in [2.75, 3.05) is 0 Å². The summed E-state index contributed by atoms with van der Waals surface area (Å²) in [5.74, 6) is 11.7. The fraction of sp³-hybridized carbons (Fsp3) is 0.500. The monoisotopic (exact) mass is 1250 g/mol. The predicted octanol–water partition coefficient (Wildman–Crippen LogP) is 15.2. The molecule has 0 aromatic heterocycles.